The molecule has 1 nitrogen and oxygen atoms in total. The van der Waals surface area contributed by atoms with Crippen molar-refractivity contribution in [3.63, 3.8) is 0 Å². The van der Waals surface area contributed by atoms with Gasteiger partial charge in [0.2, 0.25) is 0 Å². The molecule has 0 unspecified atom stereocenters. The molecular formula is C13H15NSe. The summed E-state index contributed by atoms with van der Waals surface area (Å²) in [5, 5.41) is 0. The van der Waals surface area contributed by atoms with E-state index in [-0.39, 0.29) is 5.41 Å². The van der Waals surface area contributed by atoms with Crippen LogP contribution in [0.15, 0.2) is 30.5 Å². The van der Waals surface area contributed by atoms with E-state index < -0.39 is 0 Å². The van der Waals surface area contributed by atoms with Crippen LogP contribution in [0, 0.1) is 0 Å². The number of nitrogens with zero attached hydrogens (tertiary/aromatic N) is 1. The van der Waals surface area contributed by atoms with Gasteiger partial charge >= 0.3 is 98.3 Å². The summed E-state index contributed by atoms with van der Waals surface area (Å²) < 4.78 is 2.22. The minimum atomic E-state index is 0.182. The van der Waals surface area contributed by atoms with Crippen molar-refractivity contribution in [2.24, 2.45) is 0 Å². The Hall–Kier alpha value is -0.851. The van der Waals surface area contributed by atoms with Crippen molar-refractivity contribution in [1.82, 2.24) is 4.40 Å². The summed E-state index contributed by atoms with van der Waals surface area (Å²) in [5.41, 5.74) is 4.08. The van der Waals surface area contributed by atoms with Gasteiger partial charge in [0, 0.05) is 0 Å². The van der Waals surface area contributed by atoms with E-state index in [0.717, 1.165) is 0 Å². The Bertz CT molecular complexity index is 503. The summed E-state index contributed by atoms with van der Waals surface area (Å²) in [5.74, 6) is 0. The van der Waals surface area contributed by atoms with Gasteiger partial charge in [-0.15, -0.1) is 0 Å². The molecule has 2 heteroatoms. The summed E-state index contributed by atoms with van der Waals surface area (Å²) >= 11 is 3.00. The first-order valence-corrected chi connectivity index (χ1v) is 6.08. The van der Waals surface area contributed by atoms with Crippen molar-refractivity contribution < 1.29 is 0 Å². The fourth-order valence-electron chi connectivity index (χ4n) is 1.87. The van der Waals surface area contributed by atoms with Crippen LogP contribution in [0.1, 0.15) is 32.0 Å². The SMILES string of the molecule is CC(C)(C)c1cc2ccccn2c1C=[Se]. The predicted molar refractivity (Wildman–Crippen MR) is 67.0 cm³/mol. The van der Waals surface area contributed by atoms with E-state index in [4.69, 9.17) is 0 Å². The molecule has 0 atom stereocenters. The summed E-state index contributed by atoms with van der Waals surface area (Å²) in [4.78, 5) is 2.06. The van der Waals surface area contributed by atoms with Gasteiger partial charge in [0.05, 0.1) is 0 Å². The molecule has 0 spiro atoms. The molecule has 0 amide bonds. The fraction of sp³-hybridized carbons (Fsp3) is 0.308. The van der Waals surface area contributed by atoms with E-state index in [1.807, 2.05) is 0 Å². The van der Waals surface area contributed by atoms with Crippen molar-refractivity contribution in [2.75, 3.05) is 0 Å². The number of rotatable bonds is 1. The van der Waals surface area contributed by atoms with Crippen LogP contribution in [-0.2, 0) is 5.41 Å². The van der Waals surface area contributed by atoms with Gasteiger partial charge in [-0.2, -0.15) is 0 Å². The molecule has 78 valence electrons. The maximum absolute atomic E-state index is 3.00. The number of hydrogen-bond acceptors (Lipinski definition) is 0. The van der Waals surface area contributed by atoms with Crippen LogP contribution in [0.3, 0.4) is 0 Å². The number of fused-ring (bicyclic) bond motifs is 1. The zero-order valence-corrected chi connectivity index (χ0v) is 11.0. The summed E-state index contributed by atoms with van der Waals surface area (Å²) in [6.07, 6.45) is 2.10. The Morgan fingerprint density at radius 3 is 2.60 bits per heavy atom. The molecule has 0 saturated heterocycles. The molecule has 2 rings (SSSR count). The van der Waals surface area contributed by atoms with Crippen LogP contribution in [0.5, 0.6) is 0 Å². The van der Waals surface area contributed by atoms with Gasteiger partial charge in [-0.3, -0.25) is 0 Å². The normalized spacial score (nSPS) is 11.9. The zero-order valence-electron chi connectivity index (χ0n) is 9.32. The van der Waals surface area contributed by atoms with Crippen molar-refractivity contribution >= 4 is 26.0 Å². The van der Waals surface area contributed by atoms with Crippen LogP contribution >= 0.6 is 0 Å². The van der Waals surface area contributed by atoms with Crippen LogP contribution in [0.4, 0.5) is 0 Å². The van der Waals surface area contributed by atoms with Crippen LogP contribution in [-0.4, -0.2) is 24.9 Å². The van der Waals surface area contributed by atoms with E-state index in [2.05, 4.69) is 76.1 Å². The molecule has 0 aliphatic carbocycles. The van der Waals surface area contributed by atoms with Gasteiger partial charge in [0.25, 0.3) is 0 Å². The third-order valence-electron chi connectivity index (χ3n) is 2.64. The van der Waals surface area contributed by atoms with Crippen molar-refractivity contribution in [1.29, 1.82) is 0 Å². The summed E-state index contributed by atoms with van der Waals surface area (Å²) in [6, 6.07) is 8.54. The third-order valence-corrected chi connectivity index (χ3v) is 3.11. The standard InChI is InChI=1S/C13H15NSe/c1-13(2,3)11-8-10-6-4-5-7-14(10)12(11)9-15/h4-9H,1-3H3. The Morgan fingerprint density at radius 1 is 1.27 bits per heavy atom. The molecule has 0 radical (unpaired) electrons. The molecule has 0 aliphatic rings. The van der Waals surface area contributed by atoms with E-state index in [9.17, 15) is 0 Å². The molecule has 0 bridgehead atoms. The van der Waals surface area contributed by atoms with Gasteiger partial charge in [0.1, 0.15) is 0 Å². The molecule has 2 aromatic rings. The minimum absolute atomic E-state index is 0.182. The second-order valence-corrected chi connectivity index (χ2v) is 5.30. The Labute approximate surface area is 98.5 Å². The average Bonchev–Trinajstić information content (AvgIpc) is 2.55. The van der Waals surface area contributed by atoms with Gasteiger partial charge in [-0.25, -0.2) is 0 Å². The second kappa shape index (κ2) is 3.62. The monoisotopic (exact) mass is 265 g/mol. The van der Waals surface area contributed by atoms with Crippen LogP contribution < -0.4 is 0 Å². The zero-order chi connectivity index (χ0) is 11.1. The van der Waals surface area contributed by atoms with Gasteiger partial charge in [-0.1, -0.05) is 0 Å². The molecule has 0 saturated carbocycles. The number of pyridine rings is 1. The first-order valence-electron chi connectivity index (χ1n) is 5.10. The third kappa shape index (κ3) is 1.80. The molecule has 0 aromatic carbocycles. The molecule has 2 aromatic heterocycles. The van der Waals surface area contributed by atoms with Gasteiger partial charge in [-0.05, 0) is 0 Å². The van der Waals surface area contributed by atoms with Crippen molar-refractivity contribution in [3.05, 3.63) is 41.7 Å². The number of aromatic nitrogens is 1. The summed E-state index contributed by atoms with van der Waals surface area (Å²) in [7, 11) is 0. The Morgan fingerprint density at radius 2 is 2.00 bits per heavy atom. The summed E-state index contributed by atoms with van der Waals surface area (Å²) in [6.45, 7) is 6.73. The first kappa shape index (κ1) is 10.7. The average molecular weight is 264 g/mol. The van der Waals surface area contributed by atoms with E-state index in [1.165, 1.54) is 16.8 Å². The van der Waals surface area contributed by atoms with E-state index >= 15 is 0 Å². The quantitative estimate of drug-likeness (QED) is 0.697. The molecule has 0 aliphatic heterocycles. The number of hydrogen-bond donors (Lipinski definition) is 0. The van der Waals surface area contributed by atoms with Crippen molar-refractivity contribution in [3.8, 4) is 0 Å². The second-order valence-electron chi connectivity index (χ2n) is 4.81. The van der Waals surface area contributed by atoms with E-state index in [1.54, 1.807) is 0 Å². The maximum atomic E-state index is 3.00. The predicted octanol–water partition coefficient (Wildman–Crippen LogP) is 2.56. The topological polar surface area (TPSA) is 4.41 Å². The van der Waals surface area contributed by atoms with E-state index in [0.29, 0.717) is 0 Å². The molecule has 0 fully saturated rings. The molecule has 15 heavy (non-hydrogen) atoms. The molecule has 0 N–H and O–H groups in total. The van der Waals surface area contributed by atoms with Crippen molar-refractivity contribution in [2.45, 2.75) is 26.2 Å². The Kier molecular flexibility index (Phi) is 2.57. The first-order chi connectivity index (χ1) is 7.04. The fourth-order valence-corrected chi connectivity index (χ4v) is 2.37. The van der Waals surface area contributed by atoms with Crippen LogP contribution in [0.25, 0.3) is 5.52 Å². The van der Waals surface area contributed by atoms with Gasteiger partial charge in [0.15, 0.2) is 0 Å². The van der Waals surface area contributed by atoms with Crippen LogP contribution in [0.2, 0.25) is 0 Å². The molecular weight excluding hydrogens is 249 g/mol. The Balaban J connectivity index is 2.81. The van der Waals surface area contributed by atoms with Gasteiger partial charge < -0.3 is 0 Å². The molecule has 2 heterocycles.